The van der Waals surface area contributed by atoms with Gasteiger partial charge < -0.3 is 24.4 Å². The van der Waals surface area contributed by atoms with Crippen LogP contribution in [0, 0.1) is 34.0 Å². The lowest BCUT2D eigenvalue weighted by Gasteiger charge is -2.68. The fourth-order valence-electron chi connectivity index (χ4n) is 8.70. The number of ether oxygens (including phenoxy) is 3. The van der Waals surface area contributed by atoms with Crippen molar-refractivity contribution < 1.29 is 43.6 Å². The summed E-state index contributed by atoms with van der Waals surface area (Å²) in [4.78, 5) is 50.1. The molecule has 0 amide bonds. The molecular weight excluding hydrogens is 456 g/mol. The van der Waals surface area contributed by atoms with Crippen molar-refractivity contribution in [3.8, 4) is 0 Å². The van der Waals surface area contributed by atoms with Gasteiger partial charge in [-0.15, -0.1) is 0 Å². The summed E-state index contributed by atoms with van der Waals surface area (Å²) in [5.41, 5.74) is -2.88. The van der Waals surface area contributed by atoms with Gasteiger partial charge in [0.05, 0.1) is 17.6 Å². The summed E-state index contributed by atoms with van der Waals surface area (Å²) in [6.07, 6.45) is -4.39. The molecule has 9 nitrogen and oxygen atoms in total. The first-order valence-corrected chi connectivity index (χ1v) is 12.2. The van der Waals surface area contributed by atoms with Crippen molar-refractivity contribution in [3.05, 3.63) is 12.2 Å². The Morgan fingerprint density at radius 3 is 1.97 bits per heavy atom. The summed E-state index contributed by atoms with van der Waals surface area (Å²) in [5, 5.41) is 23.4. The maximum atomic E-state index is 13.8. The lowest BCUT2D eigenvalue weighted by molar-refractivity contribution is -0.298. The number of aliphatic hydroxyl groups excluding tert-OH is 2. The molecule has 0 aliphatic heterocycles. The second-order valence-electron chi connectivity index (χ2n) is 11.8. The van der Waals surface area contributed by atoms with Crippen LogP contribution in [0.2, 0.25) is 0 Å². The van der Waals surface area contributed by atoms with Gasteiger partial charge in [0.1, 0.15) is 18.3 Å². The van der Waals surface area contributed by atoms with Crippen LogP contribution in [-0.2, 0) is 33.4 Å². The van der Waals surface area contributed by atoms with Gasteiger partial charge in [-0.3, -0.25) is 19.2 Å². The van der Waals surface area contributed by atoms with E-state index in [1.807, 2.05) is 6.92 Å². The van der Waals surface area contributed by atoms with Gasteiger partial charge >= 0.3 is 17.9 Å². The molecule has 0 heterocycles. The van der Waals surface area contributed by atoms with Crippen molar-refractivity contribution in [1.29, 1.82) is 0 Å². The summed E-state index contributed by atoms with van der Waals surface area (Å²) in [5.74, 6) is -3.69. The SMILES string of the molecule is C=C1C(=O)[C@]23C[C@H]1C[C@H](O)[C@H]2[C@@]1(C)C[C@H](OC(C)=O)[C@H](OC(C)=O)C(C)(C)[C@H]1[C@@H](O)[C@@H]3OC(C)=O. The zero-order valence-corrected chi connectivity index (χ0v) is 21.2. The smallest absolute Gasteiger partial charge is 0.303 e. The Bertz CT molecular complexity index is 985. The van der Waals surface area contributed by atoms with Crippen molar-refractivity contribution in [2.24, 2.45) is 34.0 Å². The fourth-order valence-corrected chi connectivity index (χ4v) is 8.70. The van der Waals surface area contributed by atoms with Crippen LogP contribution in [0.1, 0.15) is 60.8 Å². The average Bonchev–Trinajstić information content (AvgIpc) is 2.88. The van der Waals surface area contributed by atoms with Crippen LogP contribution in [0.5, 0.6) is 0 Å². The van der Waals surface area contributed by atoms with Crippen molar-refractivity contribution >= 4 is 23.7 Å². The standard InChI is InChI=1S/C26H36O9/c1-11-15-8-16(30)19-25(7)10-17(33-12(2)27)22(34-13(3)28)24(5,6)20(25)18(31)23(35-14(4)29)26(19,9-15)21(11)32/h15-20,22-23,30-31H,1,8-10H2,2-7H3/t15-,16+,17+,18-,19+,20-,22+,23+,25-,26+/m1/s1. The number of allylic oxidation sites excluding steroid dienone is 1. The van der Waals surface area contributed by atoms with E-state index in [0.29, 0.717) is 18.4 Å². The highest BCUT2D eigenvalue weighted by Gasteiger charge is 2.78. The number of fused-ring (bicyclic) bond motifs is 3. The first-order valence-electron chi connectivity index (χ1n) is 12.2. The van der Waals surface area contributed by atoms with Crippen LogP contribution >= 0.6 is 0 Å². The van der Waals surface area contributed by atoms with Gasteiger partial charge in [0, 0.05) is 38.0 Å². The van der Waals surface area contributed by atoms with Crippen LogP contribution < -0.4 is 0 Å². The highest BCUT2D eigenvalue weighted by molar-refractivity contribution is 6.04. The summed E-state index contributed by atoms with van der Waals surface area (Å²) in [7, 11) is 0. The van der Waals surface area contributed by atoms with E-state index < -0.39 is 76.5 Å². The molecule has 1 spiro atoms. The molecular formula is C26H36O9. The van der Waals surface area contributed by atoms with Gasteiger partial charge in [0.2, 0.25) is 0 Å². The maximum absolute atomic E-state index is 13.8. The largest absolute Gasteiger partial charge is 0.459 e. The Labute approximate surface area is 205 Å². The minimum atomic E-state index is -1.35. The molecule has 4 rings (SSSR count). The highest BCUT2D eigenvalue weighted by Crippen LogP contribution is 2.71. The Kier molecular flexibility index (Phi) is 6.00. The molecule has 0 aromatic heterocycles. The van der Waals surface area contributed by atoms with E-state index in [0.717, 1.165) is 0 Å². The zero-order valence-electron chi connectivity index (χ0n) is 21.2. The molecule has 0 radical (unpaired) electrons. The molecule has 0 saturated heterocycles. The summed E-state index contributed by atoms with van der Waals surface area (Å²) >= 11 is 0. The third-order valence-corrected chi connectivity index (χ3v) is 9.25. The number of esters is 3. The van der Waals surface area contributed by atoms with Gasteiger partial charge in [-0.1, -0.05) is 27.4 Å². The van der Waals surface area contributed by atoms with E-state index in [2.05, 4.69) is 6.58 Å². The molecule has 10 atom stereocenters. The van der Waals surface area contributed by atoms with E-state index in [1.54, 1.807) is 13.8 Å². The molecule has 0 unspecified atom stereocenters. The quantitative estimate of drug-likeness (QED) is 0.343. The predicted molar refractivity (Wildman–Crippen MR) is 121 cm³/mol. The molecule has 0 aromatic carbocycles. The lowest BCUT2D eigenvalue weighted by atomic mass is 9.38. The van der Waals surface area contributed by atoms with Gasteiger partial charge in [-0.05, 0) is 36.2 Å². The van der Waals surface area contributed by atoms with E-state index in [-0.39, 0.29) is 18.1 Å². The molecule has 4 saturated carbocycles. The second-order valence-corrected chi connectivity index (χ2v) is 11.8. The van der Waals surface area contributed by atoms with Crippen LogP contribution in [0.3, 0.4) is 0 Å². The predicted octanol–water partition coefficient (Wildman–Crippen LogP) is 1.72. The number of rotatable bonds is 3. The first kappa shape index (κ1) is 25.8. The van der Waals surface area contributed by atoms with Crippen LogP contribution in [0.4, 0.5) is 0 Å². The first-order chi connectivity index (χ1) is 16.1. The van der Waals surface area contributed by atoms with Gasteiger partial charge in [-0.2, -0.15) is 0 Å². The summed E-state index contributed by atoms with van der Waals surface area (Å²) < 4.78 is 17.0. The van der Waals surface area contributed by atoms with Gasteiger partial charge in [0.25, 0.3) is 0 Å². The molecule has 4 fully saturated rings. The van der Waals surface area contributed by atoms with Crippen LogP contribution in [0.15, 0.2) is 12.2 Å². The topological polar surface area (TPSA) is 136 Å². The number of hydrogen-bond acceptors (Lipinski definition) is 9. The Morgan fingerprint density at radius 2 is 1.43 bits per heavy atom. The minimum Gasteiger partial charge on any atom is -0.459 e. The molecule has 194 valence electrons. The lowest BCUT2D eigenvalue weighted by Crippen LogP contribution is -2.75. The monoisotopic (exact) mass is 492 g/mol. The van der Waals surface area contributed by atoms with Crippen molar-refractivity contribution in [1.82, 2.24) is 0 Å². The number of hydrogen-bond donors (Lipinski definition) is 2. The number of ketones is 1. The van der Waals surface area contributed by atoms with Gasteiger partial charge in [-0.25, -0.2) is 0 Å². The van der Waals surface area contributed by atoms with Crippen molar-refractivity contribution in [3.63, 3.8) is 0 Å². The highest BCUT2D eigenvalue weighted by atomic mass is 16.6. The number of aliphatic hydroxyl groups is 2. The molecule has 9 heteroatoms. The van der Waals surface area contributed by atoms with Crippen LogP contribution in [0.25, 0.3) is 0 Å². The van der Waals surface area contributed by atoms with E-state index >= 15 is 0 Å². The third kappa shape index (κ3) is 3.49. The summed E-state index contributed by atoms with van der Waals surface area (Å²) in [6, 6.07) is 0. The third-order valence-electron chi connectivity index (χ3n) is 9.25. The number of carbonyl (C=O) groups excluding carboxylic acids is 4. The fraction of sp³-hybridized carbons (Fsp3) is 0.769. The second kappa shape index (κ2) is 8.13. The summed E-state index contributed by atoms with van der Waals surface area (Å²) in [6.45, 7) is 13.2. The molecule has 2 N–H and O–H groups in total. The average molecular weight is 493 g/mol. The molecule has 0 aromatic rings. The van der Waals surface area contributed by atoms with Crippen LogP contribution in [-0.4, -0.2) is 64.4 Å². The van der Waals surface area contributed by atoms with Crippen molar-refractivity contribution in [2.45, 2.75) is 91.3 Å². The Balaban J connectivity index is 1.94. The Hall–Kier alpha value is -2.26. The maximum Gasteiger partial charge on any atom is 0.303 e. The number of carbonyl (C=O) groups is 4. The van der Waals surface area contributed by atoms with Gasteiger partial charge in [0.15, 0.2) is 5.78 Å². The molecule has 4 aliphatic rings. The van der Waals surface area contributed by atoms with E-state index in [1.165, 1.54) is 20.8 Å². The zero-order chi connectivity index (χ0) is 26.2. The van der Waals surface area contributed by atoms with Crippen molar-refractivity contribution in [2.75, 3.05) is 0 Å². The minimum absolute atomic E-state index is 0.149. The van der Waals surface area contributed by atoms with E-state index in [9.17, 15) is 29.4 Å². The Morgan fingerprint density at radius 1 is 0.886 bits per heavy atom. The molecule has 2 bridgehead atoms. The number of Topliss-reactive ketones (excluding diaryl/α,β-unsaturated/α-hetero) is 1. The molecule has 35 heavy (non-hydrogen) atoms. The molecule has 4 aliphatic carbocycles. The van der Waals surface area contributed by atoms with E-state index in [4.69, 9.17) is 14.2 Å². The normalized spacial score (nSPS) is 45.7.